The van der Waals surface area contributed by atoms with Gasteiger partial charge in [0.2, 0.25) is 0 Å². The second-order valence-corrected chi connectivity index (χ2v) is 4.67. The molecule has 0 aliphatic carbocycles. The van der Waals surface area contributed by atoms with E-state index in [1.54, 1.807) is 0 Å². The third kappa shape index (κ3) is 2.34. The van der Waals surface area contributed by atoms with Crippen LogP contribution < -0.4 is 0 Å². The Bertz CT molecular complexity index is 502. The van der Waals surface area contributed by atoms with Crippen LogP contribution in [0.15, 0.2) is 24.3 Å². The molecule has 1 N–H and O–H groups in total. The Morgan fingerprint density at radius 2 is 2.00 bits per heavy atom. The monoisotopic (exact) mass is 232 g/mol. The predicted octanol–water partition coefficient (Wildman–Crippen LogP) is 2.93. The van der Waals surface area contributed by atoms with Crippen molar-refractivity contribution in [1.82, 2.24) is 9.55 Å². The Morgan fingerprint density at radius 3 is 2.65 bits per heavy atom. The van der Waals surface area contributed by atoms with Gasteiger partial charge in [-0.1, -0.05) is 19.1 Å². The molecule has 2 rings (SSSR count). The molecule has 17 heavy (non-hydrogen) atoms. The van der Waals surface area contributed by atoms with Crippen molar-refractivity contribution in [2.24, 2.45) is 0 Å². The van der Waals surface area contributed by atoms with E-state index in [2.05, 4.69) is 29.5 Å². The quantitative estimate of drug-likeness (QED) is 0.880. The maximum absolute atomic E-state index is 9.52. The van der Waals surface area contributed by atoms with E-state index >= 15 is 0 Å². The first-order chi connectivity index (χ1) is 8.13. The number of nitrogens with zero attached hydrogens (tertiary/aromatic N) is 2. The van der Waals surface area contributed by atoms with E-state index in [-0.39, 0.29) is 12.1 Å². The summed E-state index contributed by atoms with van der Waals surface area (Å²) in [7, 11) is 0. The minimum absolute atomic E-state index is 0.275. The van der Waals surface area contributed by atoms with E-state index in [4.69, 9.17) is 0 Å². The van der Waals surface area contributed by atoms with Gasteiger partial charge in [-0.25, -0.2) is 4.98 Å². The normalized spacial score (nSPS) is 15.1. The maximum atomic E-state index is 9.52. The van der Waals surface area contributed by atoms with Gasteiger partial charge in [0.25, 0.3) is 0 Å². The highest BCUT2D eigenvalue weighted by Crippen LogP contribution is 2.24. The molecule has 0 saturated heterocycles. The van der Waals surface area contributed by atoms with E-state index in [1.165, 1.54) is 0 Å². The fourth-order valence-electron chi connectivity index (χ4n) is 2.43. The predicted molar refractivity (Wildman–Crippen MR) is 70.1 cm³/mol. The van der Waals surface area contributed by atoms with E-state index < -0.39 is 0 Å². The molecule has 2 unspecified atom stereocenters. The van der Waals surface area contributed by atoms with Gasteiger partial charge in [-0.2, -0.15) is 0 Å². The number of hydrogen-bond acceptors (Lipinski definition) is 2. The summed E-state index contributed by atoms with van der Waals surface area (Å²) < 4.78 is 2.25. The van der Waals surface area contributed by atoms with Crippen LogP contribution in [0.2, 0.25) is 0 Å². The Labute approximate surface area is 102 Å². The molecule has 0 saturated carbocycles. The number of fused-ring (bicyclic) bond motifs is 1. The van der Waals surface area contributed by atoms with Crippen LogP contribution >= 0.6 is 0 Å². The molecule has 0 fully saturated rings. The van der Waals surface area contributed by atoms with Gasteiger partial charge in [0.1, 0.15) is 5.82 Å². The molecule has 2 aromatic rings. The highest BCUT2D eigenvalue weighted by atomic mass is 16.3. The van der Waals surface area contributed by atoms with Gasteiger partial charge in [-0.05, 0) is 32.4 Å². The maximum Gasteiger partial charge on any atom is 0.109 e. The molecular formula is C14H20N2O. The number of aliphatic hydroxyl groups excluding tert-OH is 1. The van der Waals surface area contributed by atoms with Crippen LogP contribution in [-0.4, -0.2) is 20.8 Å². The van der Waals surface area contributed by atoms with Gasteiger partial charge in [0.15, 0.2) is 0 Å². The summed E-state index contributed by atoms with van der Waals surface area (Å²) in [6, 6.07) is 8.46. The van der Waals surface area contributed by atoms with Gasteiger partial charge in [-0.3, -0.25) is 0 Å². The van der Waals surface area contributed by atoms with Crippen LogP contribution in [-0.2, 0) is 6.42 Å². The number of rotatable bonds is 4. The molecule has 0 bridgehead atoms. The number of aryl methyl sites for hydroxylation is 1. The molecule has 3 nitrogen and oxygen atoms in total. The van der Waals surface area contributed by atoms with E-state index in [0.717, 1.165) is 29.7 Å². The zero-order valence-corrected chi connectivity index (χ0v) is 10.7. The highest BCUT2D eigenvalue weighted by molar-refractivity contribution is 5.76. The summed E-state index contributed by atoms with van der Waals surface area (Å²) in [5, 5.41) is 9.52. The molecule has 3 heteroatoms. The average molecular weight is 232 g/mol. The lowest BCUT2D eigenvalue weighted by molar-refractivity contribution is 0.165. The highest BCUT2D eigenvalue weighted by Gasteiger charge is 2.15. The third-order valence-electron chi connectivity index (χ3n) is 3.11. The molecule has 1 heterocycles. The molecule has 0 aliphatic heterocycles. The number of aliphatic hydroxyl groups is 1. The lowest BCUT2D eigenvalue weighted by Crippen LogP contribution is -2.14. The first kappa shape index (κ1) is 12.1. The van der Waals surface area contributed by atoms with Gasteiger partial charge in [-0.15, -0.1) is 0 Å². The van der Waals surface area contributed by atoms with Gasteiger partial charge < -0.3 is 9.67 Å². The van der Waals surface area contributed by atoms with Gasteiger partial charge in [0, 0.05) is 12.5 Å². The van der Waals surface area contributed by atoms with Crippen molar-refractivity contribution in [2.75, 3.05) is 0 Å². The minimum Gasteiger partial charge on any atom is -0.393 e. The number of aromatic nitrogens is 2. The molecule has 0 aliphatic rings. The summed E-state index contributed by atoms with van der Waals surface area (Å²) in [6.07, 6.45) is 1.39. The second-order valence-electron chi connectivity index (χ2n) is 4.67. The summed E-state index contributed by atoms with van der Waals surface area (Å²) in [6.45, 7) is 6.09. The van der Waals surface area contributed by atoms with Crippen molar-refractivity contribution < 1.29 is 5.11 Å². The molecule has 2 atom stereocenters. The standard InChI is InChI=1S/C14H20N2O/c1-4-14-15-12-7-5-6-8-13(12)16(14)10(2)9-11(3)17/h5-8,10-11,17H,4,9H2,1-3H3. The van der Waals surface area contributed by atoms with Crippen molar-refractivity contribution in [3.8, 4) is 0 Å². The van der Waals surface area contributed by atoms with Crippen LogP contribution in [0.5, 0.6) is 0 Å². The minimum atomic E-state index is -0.282. The van der Waals surface area contributed by atoms with Crippen LogP contribution in [0, 0.1) is 0 Å². The Balaban J connectivity index is 2.49. The topological polar surface area (TPSA) is 38.0 Å². The average Bonchev–Trinajstić information content (AvgIpc) is 2.66. The van der Waals surface area contributed by atoms with Crippen molar-refractivity contribution >= 4 is 11.0 Å². The number of hydrogen-bond donors (Lipinski definition) is 1. The summed E-state index contributed by atoms with van der Waals surface area (Å²) >= 11 is 0. The molecule has 1 aromatic carbocycles. The van der Waals surface area contributed by atoms with Gasteiger partial charge >= 0.3 is 0 Å². The zero-order chi connectivity index (χ0) is 12.4. The smallest absolute Gasteiger partial charge is 0.109 e. The fourth-order valence-corrected chi connectivity index (χ4v) is 2.43. The first-order valence-electron chi connectivity index (χ1n) is 6.27. The molecule has 0 amide bonds. The SMILES string of the molecule is CCc1nc2ccccc2n1C(C)CC(C)O. The number of para-hydroxylation sites is 2. The van der Waals surface area contributed by atoms with Crippen LogP contribution in [0.4, 0.5) is 0 Å². The summed E-state index contributed by atoms with van der Waals surface area (Å²) in [5.41, 5.74) is 2.21. The lowest BCUT2D eigenvalue weighted by atomic mass is 10.1. The largest absolute Gasteiger partial charge is 0.393 e. The number of benzene rings is 1. The summed E-state index contributed by atoms with van der Waals surface area (Å²) in [4.78, 5) is 4.64. The Morgan fingerprint density at radius 1 is 1.29 bits per heavy atom. The number of imidazole rings is 1. The third-order valence-corrected chi connectivity index (χ3v) is 3.11. The molecular weight excluding hydrogens is 212 g/mol. The molecule has 1 aromatic heterocycles. The van der Waals surface area contributed by atoms with Crippen LogP contribution in [0.3, 0.4) is 0 Å². The summed E-state index contributed by atoms with van der Waals surface area (Å²) in [5.74, 6) is 1.10. The molecule has 0 radical (unpaired) electrons. The van der Waals surface area contributed by atoms with Crippen LogP contribution in [0.25, 0.3) is 11.0 Å². The van der Waals surface area contributed by atoms with E-state index in [0.29, 0.717) is 0 Å². The van der Waals surface area contributed by atoms with Crippen molar-refractivity contribution in [3.63, 3.8) is 0 Å². The lowest BCUT2D eigenvalue weighted by Gasteiger charge is -2.18. The van der Waals surface area contributed by atoms with E-state index in [1.807, 2.05) is 25.1 Å². The van der Waals surface area contributed by atoms with Crippen molar-refractivity contribution in [1.29, 1.82) is 0 Å². The molecule has 0 spiro atoms. The van der Waals surface area contributed by atoms with Crippen molar-refractivity contribution in [3.05, 3.63) is 30.1 Å². The van der Waals surface area contributed by atoms with E-state index in [9.17, 15) is 5.11 Å². The Kier molecular flexibility index (Phi) is 3.48. The fraction of sp³-hybridized carbons (Fsp3) is 0.500. The van der Waals surface area contributed by atoms with Gasteiger partial charge in [0.05, 0.1) is 17.1 Å². The van der Waals surface area contributed by atoms with Crippen LogP contribution in [0.1, 0.15) is 39.1 Å². The first-order valence-corrected chi connectivity index (χ1v) is 6.27. The zero-order valence-electron chi connectivity index (χ0n) is 10.7. The Hall–Kier alpha value is -1.35. The second kappa shape index (κ2) is 4.88. The molecule has 92 valence electrons. The van der Waals surface area contributed by atoms with Crippen molar-refractivity contribution in [2.45, 2.75) is 45.8 Å².